The van der Waals surface area contributed by atoms with Crippen LogP contribution in [0.15, 0.2) is 0 Å². The van der Waals surface area contributed by atoms with Gasteiger partial charge in [0.1, 0.15) is 190 Å². The van der Waals surface area contributed by atoms with Crippen molar-refractivity contribution in [3.8, 4) is 0 Å². The van der Waals surface area contributed by atoms with Crippen molar-refractivity contribution in [1.29, 1.82) is 0 Å². The van der Waals surface area contributed by atoms with Gasteiger partial charge in [0.15, 0.2) is 37.7 Å². The van der Waals surface area contributed by atoms with Gasteiger partial charge < -0.3 is 209 Å². The molecule has 0 spiro atoms. The molecule has 9 aliphatic heterocycles. The zero-order valence-corrected chi connectivity index (χ0v) is 63.1. The minimum absolute atomic E-state index is 0. The molecule has 25 N–H and O–H groups in total. The van der Waals surface area contributed by atoms with E-state index in [0.29, 0.717) is 0 Å². The maximum Gasteiger partial charge on any atom is 0.187 e. The zero-order valence-electron chi connectivity index (χ0n) is 53.6. The van der Waals surface area contributed by atoms with E-state index in [2.05, 4.69) is 0 Å². The van der Waals surface area contributed by atoms with Crippen molar-refractivity contribution in [2.45, 2.75) is 304 Å². The molecule has 0 bridgehead atoms. The largest absolute Gasteiger partial charge is 0.668 e. The molecule has 99 heavy (non-hydrogen) atoms. The van der Waals surface area contributed by atoms with Gasteiger partial charge in [-0.1, -0.05) is 12.1 Å². The molecule has 572 valence electrons. The molecule has 45 atom stereocenters. The number of aliphatic hydroxyl groups excluding tert-OH is 23. The van der Waals surface area contributed by atoms with Crippen molar-refractivity contribution >= 4 is 0 Å². The van der Waals surface area contributed by atoms with Crippen molar-refractivity contribution in [2.75, 3.05) is 39.6 Å². The molecule has 44 heteroatoms. The van der Waals surface area contributed by atoms with Crippen molar-refractivity contribution in [2.24, 2.45) is 0 Å². The molecular weight excluding hydrogens is 1780 g/mol. The predicted molar refractivity (Wildman–Crippen MR) is 300 cm³/mol. The van der Waals surface area contributed by atoms with E-state index < -0.39 is 316 Å². The average molecular weight is 1880 g/mol. The average Bonchev–Trinajstić information content (AvgIpc) is 0.764. The van der Waals surface area contributed by atoms with Crippen LogP contribution in [0.1, 0.15) is 27.7 Å². The summed E-state index contributed by atoms with van der Waals surface area (Å²) in [6.07, 6.45) is -81.7. The van der Waals surface area contributed by atoms with Gasteiger partial charge in [-0.25, -0.2) is 0 Å². The first-order chi connectivity index (χ1) is 45.9. The fourth-order valence-electron chi connectivity index (χ4n) is 13.0. The summed E-state index contributed by atoms with van der Waals surface area (Å²) in [7, 11) is 0. The Hall–Kier alpha value is 1.20. The van der Waals surface area contributed by atoms with E-state index in [0.717, 1.165) is 0 Å². The van der Waals surface area contributed by atoms with Crippen molar-refractivity contribution < 1.29 is 286 Å². The summed E-state index contributed by atoms with van der Waals surface area (Å²) in [5.74, 6) is 0. The van der Waals surface area contributed by atoms with Gasteiger partial charge in [-0.3, -0.25) is 0 Å². The Morgan fingerprint density at radius 2 is 0.455 bits per heavy atom. The van der Waals surface area contributed by atoms with Crippen LogP contribution in [-0.4, -0.2) is 433 Å². The van der Waals surface area contributed by atoms with Crippen LogP contribution in [0.2, 0.25) is 0 Å². The van der Waals surface area contributed by atoms with Crippen LogP contribution < -0.4 is 0 Å². The molecule has 9 aliphatic rings. The summed E-state index contributed by atoms with van der Waals surface area (Å²) in [5, 5.41) is 252. The summed E-state index contributed by atoms with van der Waals surface area (Å²) in [6.45, 7) is -1.09. The van der Waals surface area contributed by atoms with E-state index in [9.17, 15) is 129 Å². The van der Waals surface area contributed by atoms with Crippen LogP contribution in [0.3, 0.4) is 0 Å². The van der Waals surface area contributed by atoms with Gasteiger partial charge >= 0.3 is 0 Å². The van der Waals surface area contributed by atoms with Crippen molar-refractivity contribution in [1.82, 2.24) is 0 Å². The van der Waals surface area contributed by atoms with E-state index >= 15 is 0 Å². The Morgan fingerprint density at radius 3 is 0.818 bits per heavy atom. The van der Waals surface area contributed by atoms with Gasteiger partial charge in [0.25, 0.3) is 0 Å². The smallest absolute Gasteiger partial charge is 0.187 e. The summed E-state index contributed by atoms with van der Waals surface area (Å²) in [4.78, 5) is 0. The maximum absolute atomic E-state index is 12.3. The molecule has 0 saturated carbocycles. The normalized spacial score (nSPS) is 53.8. The third-order valence-corrected chi connectivity index (χ3v) is 19.0. The topological polar surface area (TPSA) is 670 Å². The van der Waals surface area contributed by atoms with Crippen LogP contribution in [0.25, 0.3) is 11.5 Å². The Labute approximate surface area is 635 Å². The minimum Gasteiger partial charge on any atom is -0.668 e. The number of ether oxygens (including phenoxy) is 17. The van der Waals surface area contributed by atoms with E-state index in [1.807, 2.05) is 0 Å². The van der Waals surface area contributed by atoms with Crippen LogP contribution in [-0.2, 0) is 80.5 Å². The summed E-state index contributed by atoms with van der Waals surface area (Å²) < 4.78 is 100. The maximum atomic E-state index is 12.3. The van der Waals surface area contributed by atoms with Gasteiger partial charge in [0.05, 0.1) is 76.3 Å². The SMILES string of the molecule is CC1OC(CO)[C@H](O[C@@H]2OC(CO)[C@H](O)C(O[C@@H]3OC(CO)[C@H](O[C@@H]4OC(CO)[C@H](O)C(O[C@@H]5OC(CO)[C@H](O[C@@H]6OC(CO)[C@H](O)C(O)C6O[C@@H]6O[C@H](C)C(O)C(O)C6O)C(OC6OC(C)[C@@H](O)C(O)C6O)C5[NH-])C4O)C(OC4OC(C)[C@@H](O)C(O)C4O)C3[NH-])C2O)C(O)C1O.[Ac].[Ac]. The molecule has 0 aromatic rings. The van der Waals surface area contributed by atoms with Crippen LogP contribution in [0.4, 0.5) is 0 Å². The third-order valence-electron chi connectivity index (χ3n) is 19.0. The second-order valence-corrected chi connectivity index (χ2v) is 25.5. The molecule has 30 unspecified atom stereocenters. The fraction of sp³-hybridized carbons (Fsp3) is 1.00. The zero-order chi connectivity index (χ0) is 71.2. The predicted octanol–water partition coefficient (Wildman–Crippen LogP) is -14.4. The van der Waals surface area contributed by atoms with Crippen molar-refractivity contribution in [3.05, 3.63) is 11.5 Å². The molecule has 0 aliphatic carbocycles. The first-order valence-electron chi connectivity index (χ1n) is 31.6. The van der Waals surface area contributed by atoms with E-state index in [1.165, 1.54) is 27.7 Å². The summed E-state index contributed by atoms with van der Waals surface area (Å²) in [6, 6.07) is -4.33. The second kappa shape index (κ2) is 37.7. The van der Waals surface area contributed by atoms with Gasteiger partial charge in [-0.05, 0) is 27.7 Å². The van der Waals surface area contributed by atoms with Gasteiger partial charge in [0, 0.05) is 88.1 Å². The number of rotatable bonds is 22. The molecular formula is C55H94Ac2N2O40-2. The van der Waals surface area contributed by atoms with E-state index in [4.69, 9.17) is 80.5 Å². The molecule has 9 heterocycles. The van der Waals surface area contributed by atoms with Gasteiger partial charge in [-0.2, -0.15) is 0 Å². The minimum atomic E-state index is -2.40. The van der Waals surface area contributed by atoms with Crippen molar-refractivity contribution in [3.63, 3.8) is 0 Å². The third kappa shape index (κ3) is 18.5. The number of aliphatic hydroxyl groups is 23. The van der Waals surface area contributed by atoms with E-state index in [1.54, 1.807) is 0 Å². The molecule has 0 aromatic heterocycles. The molecule has 9 fully saturated rings. The fourth-order valence-corrected chi connectivity index (χ4v) is 13.0. The molecule has 9 saturated heterocycles. The second-order valence-electron chi connectivity index (χ2n) is 25.5. The molecule has 0 amide bonds. The quantitative estimate of drug-likeness (QED) is 0.0479. The first-order valence-corrected chi connectivity index (χ1v) is 31.6. The molecule has 2 radical (unpaired) electrons. The Balaban J connectivity index is 0.00000689. The van der Waals surface area contributed by atoms with Gasteiger partial charge in [-0.15, -0.1) is 0 Å². The summed E-state index contributed by atoms with van der Waals surface area (Å²) in [5.41, 5.74) is 19.2. The Bertz CT molecular complexity index is 2430. The molecule has 9 rings (SSSR count). The van der Waals surface area contributed by atoms with Crippen LogP contribution >= 0.6 is 0 Å². The van der Waals surface area contributed by atoms with Crippen LogP contribution in [0, 0.1) is 88.1 Å². The molecule has 0 aromatic carbocycles. The monoisotopic (exact) mass is 1880 g/mol. The Morgan fingerprint density at radius 1 is 0.212 bits per heavy atom. The number of hydrogen-bond acceptors (Lipinski definition) is 40. The summed E-state index contributed by atoms with van der Waals surface area (Å²) >= 11 is 0. The van der Waals surface area contributed by atoms with Crippen LogP contribution in [0.5, 0.6) is 0 Å². The number of nitrogens with one attached hydrogen (secondary N) is 2. The van der Waals surface area contributed by atoms with Gasteiger partial charge in [0.2, 0.25) is 0 Å². The van der Waals surface area contributed by atoms with E-state index in [-0.39, 0.29) is 88.1 Å². The molecule has 42 nitrogen and oxygen atoms in total. The Kier molecular flexibility index (Phi) is 33.3. The number of hydrogen-bond donors (Lipinski definition) is 23. The standard InChI is InChI=1S/C55H94N2O40.2Ac/c1-11-26(67)33(74)40(18(8-61)81-11)90-53-38(79)45(28(69)16(6-59)85-53)95-48-21(56)43(93-50-35(76)30(71)23(64)12(2)82-50)41(19(9-62)88-48)91-54-39(80)46(29(70)17(7-60)86-54)96-49-22(57)44(94-51-36(77)31(72)24(65)13(3)83-51)42(20(10-63)89-49)92-55-47(34(75)27(68)15(5-58)87-55)97-52-37(78)32(73)25(66)14(4)84-52;;/h11-80H,5-10H2,1-4H3;;/q-2;;/t11?,12?,13?,14-,15?,16?,17?,18?,19?,20?,21?,22?,23-,24-,25?,26?,27+,28+,29+,30?,31?,32?,33?,34?,35?,36?,37?,38?,39?,40+,41+,42+,43?,44?,45?,46?,47?,48+,49+,50?,51?,52+,53+,54+,55+;;/m1../s1. The first kappa shape index (κ1) is 87.4.